The summed E-state index contributed by atoms with van der Waals surface area (Å²) in [5, 5.41) is 7.68. The Labute approximate surface area is 170 Å². The molecule has 1 amide bonds. The number of thiazole rings is 1. The molecule has 0 aliphatic carbocycles. The minimum atomic E-state index is -0.0143. The number of nitrogens with zero attached hydrogens (tertiary/aromatic N) is 3. The second kappa shape index (κ2) is 12.8. The minimum Gasteiger partial charge on any atom is -0.356 e. The van der Waals surface area contributed by atoms with Crippen molar-refractivity contribution in [1.29, 1.82) is 0 Å². The molecule has 0 radical (unpaired) electrons. The smallest absolute Gasteiger partial charge is 0.243 e. The summed E-state index contributed by atoms with van der Waals surface area (Å²) in [4.78, 5) is 23.2. The molecule has 1 aromatic heterocycles. The quantitative estimate of drug-likeness (QED) is 0.256. The number of amides is 1. The summed E-state index contributed by atoms with van der Waals surface area (Å²) in [6.45, 7) is 5.88. The number of carbonyl (C=O) groups is 1. The lowest BCUT2D eigenvalue weighted by atomic mass is 10.2. The summed E-state index contributed by atoms with van der Waals surface area (Å²) >= 11 is 3.48. The first-order chi connectivity index (χ1) is 10.9. The van der Waals surface area contributed by atoms with E-state index in [9.17, 15) is 4.79 Å². The van der Waals surface area contributed by atoms with E-state index in [-0.39, 0.29) is 36.4 Å². The number of aryl methyl sites for hydroxylation is 1. The van der Waals surface area contributed by atoms with Crippen molar-refractivity contribution in [1.82, 2.24) is 20.5 Å². The Morgan fingerprint density at radius 2 is 2.17 bits per heavy atom. The number of hydrogen-bond donors (Lipinski definition) is 2. The van der Waals surface area contributed by atoms with Gasteiger partial charge in [0.05, 0.1) is 5.01 Å². The molecule has 0 bridgehead atoms. The van der Waals surface area contributed by atoms with Gasteiger partial charge in [-0.25, -0.2) is 9.98 Å². The van der Waals surface area contributed by atoms with Gasteiger partial charge in [0.15, 0.2) is 5.96 Å². The number of nitrogens with one attached hydrogen (secondary N) is 2. The van der Waals surface area contributed by atoms with Gasteiger partial charge in [-0.05, 0) is 13.2 Å². The largest absolute Gasteiger partial charge is 0.356 e. The van der Waals surface area contributed by atoms with Crippen molar-refractivity contribution < 1.29 is 4.79 Å². The summed E-state index contributed by atoms with van der Waals surface area (Å²) in [5.74, 6) is 1.95. The SMILES string of the molecule is CSCCNC(=NCC(=O)N(C)C)NCC(C)c1ncc(C)s1.I. The summed E-state index contributed by atoms with van der Waals surface area (Å²) < 4.78 is 0. The standard InChI is InChI=1S/C15H27N5OS2.HI/c1-11(14-17-9-12(2)23-14)8-18-15(16-6-7-22-5)19-10-13(21)20(3)4;/h9,11H,6-8,10H2,1-5H3,(H2,16,18,19);1H. The third-order valence-corrected chi connectivity index (χ3v) is 4.86. The first kappa shape index (κ1) is 23.4. The van der Waals surface area contributed by atoms with E-state index in [0.717, 1.165) is 23.8 Å². The lowest BCUT2D eigenvalue weighted by molar-refractivity contribution is -0.127. The van der Waals surface area contributed by atoms with E-state index in [1.807, 2.05) is 6.20 Å². The molecule has 1 rings (SSSR count). The van der Waals surface area contributed by atoms with Gasteiger partial charge < -0.3 is 15.5 Å². The maximum atomic E-state index is 11.7. The predicted molar refractivity (Wildman–Crippen MR) is 116 cm³/mol. The molecule has 1 unspecified atom stereocenters. The lowest BCUT2D eigenvalue weighted by Crippen LogP contribution is -2.41. The normalized spacial score (nSPS) is 12.3. The molecule has 0 aliphatic rings. The molecule has 9 heteroatoms. The van der Waals surface area contributed by atoms with Crippen LogP contribution < -0.4 is 10.6 Å². The van der Waals surface area contributed by atoms with E-state index in [0.29, 0.717) is 11.9 Å². The number of aliphatic imine (C=N–C) groups is 1. The third kappa shape index (κ3) is 9.07. The average Bonchev–Trinajstić information content (AvgIpc) is 2.95. The maximum Gasteiger partial charge on any atom is 0.243 e. The fourth-order valence-corrected chi connectivity index (χ4v) is 2.80. The van der Waals surface area contributed by atoms with Crippen LogP contribution >= 0.6 is 47.1 Å². The molecule has 138 valence electrons. The average molecular weight is 485 g/mol. The molecule has 0 saturated carbocycles. The van der Waals surface area contributed by atoms with Gasteiger partial charge in [0.25, 0.3) is 0 Å². The molecule has 0 fully saturated rings. The van der Waals surface area contributed by atoms with Crippen LogP contribution in [0.25, 0.3) is 0 Å². The van der Waals surface area contributed by atoms with Crippen LogP contribution in [0.3, 0.4) is 0 Å². The molecule has 1 atom stereocenters. The highest BCUT2D eigenvalue weighted by Gasteiger charge is 2.11. The van der Waals surface area contributed by atoms with Crippen molar-refractivity contribution in [3.63, 3.8) is 0 Å². The van der Waals surface area contributed by atoms with Crippen LogP contribution in [-0.2, 0) is 4.79 Å². The zero-order chi connectivity index (χ0) is 17.2. The van der Waals surface area contributed by atoms with Crippen molar-refractivity contribution in [2.24, 2.45) is 4.99 Å². The molecule has 1 aromatic rings. The van der Waals surface area contributed by atoms with E-state index < -0.39 is 0 Å². The number of aromatic nitrogens is 1. The van der Waals surface area contributed by atoms with E-state index in [2.05, 4.69) is 40.7 Å². The number of rotatable bonds is 8. The second-order valence-corrected chi connectivity index (χ2v) is 7.72. The Morgan fingerprint density at radius 1 is 1.46 bits per heavy atom. The number of carbonyl (C=O) groups excluding carboxylic acids is 1. The van der Waals surface area contributed by atoms with E-state index in [4.69, 9.17) is 0 Å². The van der Waals surface area contributed by atoms with Crippen LogP contribution in [0.2, 0.25) is 0 Å². The maximum absolute atomic E-state index is 11.7. The number of hydrogen-bond acceptors (Lipinski definition) is 5. The van der Waals surface area contributed by atoms with Gasteiger partial charge in [0.2, 0.25) is 5.91 Å². The topological polar surface area (TPSA) is 69.6 Å². The zero-order valence-electron chi connectivity index (χ0n) is 15.0. The Kier molecular flexibility index (Phi) is 12.5. The van der Waals surface area contributed by atoms with Gasteiger partial charge in [0.1, 0.15) is 6.54 Å². The summed E-state index contributed by atoms with van der Waals surface area (Å²) in [7, 11) is 3.47. The molecule has 2 N–H and O–H groups in total. The van der Waals surface area contributed by atoms with Crippen molar-refractivity contribution in [2.75, 3.05) is 45.7 Å². The van der Waals surface area contributed by atoms with Gasteiger partial charge in [-0.3, -0.25) is 4.79 Å². The zero-order valence-corrected chi connectivity index (χ0v) is 18.9. The molecule has 1 heterocycles. The predicted octanol–water partition coefficient (Wildman–Crippen LogP) is 2.16. The van der Waals surface area contributed by atoms with Crippen LogP contribution in [0.1, 0.15) is 22.7 Å². The molecule has 0 aliphatic heterocycles. The Hall–Kier alpha value is -0.550. The molecule has 0 spiro atoms. The van der Waals surface area contributed by atoms with Crippen LogP contribution in [0.4, 0.5) is 0 Å². The monoisotopic (exact) mass is 485 g/mol. The number of likely N-dealkylation sites (N-methyl/N-ethyl adjacent to an activating group) is 1. The highest BCUT2D eigenvalue weighted by molar-refractivity contribution is 14.0. The summed E-state index contributed by atoms with van der Waals surface area (Å²) in [6, 6.07) is 0. The fourth-order valence-electron chi connectivity index (χ4n) is 1.67. The van der Waals surface area contributed by atoms with Crippen LogP contribution in [0, 0.1) is 6.92 Å². The van der Waals surface area contributed by atoms with Crippen LogP contribution in [0.15, 0.2) is 11.2 Å². The van der Waals surface area contributed by atoms with Crippen molar-refractivity contribution >= 4 is 58.9 Å². The number of guanidine groups is 1. The van der Waals surface area contributed by atoms with Crippen molar-refractivity contribution in [3.8, 4) is 0 Å². The van der Waals surface area contributed by atoms with E-state index in [1.165, 1.54) is 4.88 Å². The first-order valence-electron chi connectivity index (χ1n) is 7.57. The third-order valence-electron chi connectivity index (χ3n) is 3.11. The Morgan fingerprint density at radius 3 is 2.71 bits per heavy atom. The Balaban J connectivity index is 0.00000529. The fraction of sp³-hybridized carbons (Fsp3) is 0.667. The lowest BCUT2D eigenvalue weighted by Gasteiger charge is -2.15. The molecule has 24 heavy (non-hydrogen) atoms. The highest BCUT2D eigenvalue weighted by Crippen LogP contribution is 2.20. The van der Waals surface area contributed by atoms with Crippen molar-refractivity contribution in [3.05, 3.63) is 16.1 Å². The van der Waals surface area contributed by atoms with Crippen LogP contribution in [0.5, 0.6) is 0 Å². The van der Waals surface area contributed by atoms with Gasteiger partial charge in [0, 0.05) is 49.9 Å². The molecular weight excluding hydrogens is 457 g/mol. The number of halogens is 1. The van der Waals surface area contributed by atoms with Crippen molar-refractivity contribution in [2.45, 2.75) is 19.8 Å². The highest BCUT2D eigenvalue weighted by atomic mass is 127. The molecule has 0 saturated heterocycles. The summed E-state index contributed by atoms with van der Waals surface area (Å²) in [5.41, 5.74) is 0. The van der Waals surface area contributed by atoms with Gasteiger partial charge in [-0.1, -0.05) is 6.92 Å². The van der Waals surface area contributed by atoms with E-state index in [1.54, 1.807) is 42.1 Å². The Bertz CT molecular complexity index is 522. The van der Waals surface area contributed by atoms with Gasteiger partial charge >= 0.3 is 0 Å². The van der Waals surface area contributed by atoms with Crippen LogP contribution in [-0.4, -0.2) is 67.5 Å². The minimum absolute atomic E-state index is 0. The first-order valence-corrected chi connectivity index (χ1v) is 9.78. The van der Waals surface area contributed by atoms with E-state index >= 15 is 0 Å². The number of thioether (sulfide) groups is 1. The van der Waals surface area contributed by atoms with Gasteiger partial charge in [-0.15, -0.1) is 35.3 Å². The summed E-state index contributed by atoms with van der Waals surface area (Å²) in [6.07, 6.45) is 3.96. The van der Waals surface area contributed by atoms with Gasteiger partial charge in [-0.2, -0.15) is 11.8 Å². The molecule has 0 aromatic carbocycles. The molecular formula is C15H28IN5OS2. The second-order valence-electron chi connectivity index (χ2n) is 5.46. The molecule has 6 nitrogen and oxygen atoms in total.